The number of carbonyl (C=O) groups is 1. The van der Waals surface area contributed by atoms with Crippen LogP contribution in [0.4, 0.5) is 0 Å². The Labute approximate surface area is 86.0 Å². The highest BCUT2D eigenvalue weighted by molar-refractivity contribution is 5.89. The fourth-order valence-electron chi connectivity index (χ4n) is 0.880. The van der Waals surface area contributed by atoms with Gasteiger partial charge in [-0.1, -0.05) is 0 Å². The number of H-pyrrole nitrogens is 1. The lowest BCUT2D eigenvalue weighted by Crippen LogP contribution is -2.26. The topological polar surface area (TPSA) is 113 Å². The maximum atomic E-state index is 11.2. The van der Waals surface area contributed by atoms with Crippen molar-refractivity contribution in [2.75, 3.05) is 26.4 Å². The second kappa shape index (κ2) is 6.85. The van der Waals surface area contributed by atoms with Gasteiger partial charge in [0, 0.05) is 13.2 Å². The van der Waals surface area contributed by atoms with E-state index in [2.05, 4.69) is 25.9 Å². The predicted molar refractivity (Wildman–Crippen MR) is 49.0 cm³/mol. The Morgan fingerprint density at radius 1 is 1.53 bits per heavy atom. The van der Waals surface area contributed by atoms with Gasteiger partial charge in [0.2, 0.25) is 0 Å². The predicted octanol–water partition coefficient (Wildman–Crippen LogP) is -1.67. The summed E-state index contributed by atoms with van der Waals surface area (Å²) in [6.07, 6.45) is 0.670. The van der Waals surface area contributed by atoms with Gasteiger partial charge in [-0.05, 0) is 11.6 Å². The number of ether oxygens (including phenoxy) is 1. The van der Waals surface area contributed by atoms with E-state index in [0.717, 1.165) is 0 Å². The minimum Gasteiger partial charge on any atom is -0.394 e. The van der Waals surface area contributed by atoms with Crippen molar-refractivity contribution < 1.29 is 14.6 Å². The molecule has 3 N–H and O–H groups in total. The smallest absolute Gasteiger partial charge is 0.292 e. The molecular formula is C7H13N5O3. The molecule has 0 aliphatic rings. The van der Waals surface area contributed by atoms with Crippen molar-refractivity contribution >= 4 is 5.91 Å². The van der Waals surface area contributed by atoms with E-state index in [1.807, 2.05) is 0 Å². The normalized spacial score (nSPS) is 10.2. The Bertz CT molecular complexity index is 276. The molecule has 0 aliphatic heterocycles. The Balaban J connectivity index is 2.03. The number of nitrogens with one attached hydrogen (secondary N) is 2. The van der Waals surface area contributed by atoms with Crippen LogP contribution in [0.25, 0.3) is 0 Å². The highest BCUT2D eigenvalue weighted by Gasteiger charge is 2.08. The molecule has 0 unspecified atom stereocenters. The minimum atomic E-state index is -0.370. The summed E-state index contributed by atoms with van der Waals surface area (Å²) in [6.45, 7) is 1.29. The average molecular weight is 215 g/mol. The monoisotopic (exact) mass is 215 g/mol. The van der Waals surface area contributed by atoms with Gasteiger partial charge in [0.05, 0.1) is 13.2 Å². The summed E-state index contributed by atoms with van der Waals surface area (Å²) < 4.78 is 5.00. The van der Waals surface area contributed by atoms with Crippen LogP contribution in [0, 0.1) is 0 Å². The number of tetrazole rings is 1. The van der Waals surface area contributed by atoms with E-state index in [0.29, 0.717) is 26.2 Å². The Hall–Kier alpha value is -1.54. The van der Waals surface area contributed by atoms with Crippen molar-refractivity contribution in [2.24, 2.45) is 0 Å². The number of rotatable bonds is 7. The third-order valence-corrected chi connectivity index (χ3v) is 1.54. The molecule has 1 aromatic rings. The number of nitrogens with zero attached hydrogens (tertiary/aromatic N) is 3. The number of hydrogen-bond acceptors (Lipinski definition) is 6. The number of aliphatic hydroxyl groups excluding tert-OH is 1. The Morgan fingerprint density at radius 2 is 2.40 bits per heavy atom. The van der Waals surface area contributed by atoms with Gasteiger partial charge in [-0.25, -0.2) is 0 Å². The van der Waals surface area contributed by atoms with Crippen molar-refractivity contribution in [3.63, 3.8) is 0 Å². The zero-order valence-electron chi connectivity index (χ0n) is 8.14. The summed E-state index contributed by atoms with van der Waals surface area (Å²) >= 11 is 0. The van der Waals surface area contributed by atoms with Crippen molar-refractivity contribution in [1.29, 1.82) is 0 Å². The molecule has 0 saturated carbocycles. The second-order valence-electron chi connectivity index (χ2n) is 2.68. The van der Waals surface area contributed by atoms with Crippen molar-refractivity contribution in [3.8, 4) is 0 Å². The molecule has 8 heteroatoms. The first-order chi connectivity index (χ1) is 7.34. The minimum absolute atomic E-state index is 0.00915. The van der Waals surface area contributed by atoms with E-state index < -0.39 is 0 Å². The SMILES string of the molecule is O=C(NCCCOCCO)c1nn[nH]n1. The number of aromatic nitrogens is 4. The number of amides is 1. The maximum Gasteiger partial charge on any atom is 0.292 e. The van der Waals surface area contributed by atoms with Crippen LogP contribution in [0.3, 0.4) is 0 Å². The molecule has 0 aromatic carbocycles. The fourth-order valence-corrected chi connectivity index (χ4v) is 0.880. The van der Waals surface area contributed by atoms with E-state index in [9.17, 15) is 4.79 Å². The van der Waals surface area contributed by atoms with Gasteiger partial charge in [-0.2, -0.15) is 5.21 Å². The Kier molecular flexibility index (Phi) is 5.26. The first-order valence-electron chi connectivity index (χ1n) is 4.55. The van der Waals surface area contributed by atoms with Crippen LogP contribution in [0.5, 0.6) is 0 Å². The molecule has 0 atom stereocenters. The van der Waals surface area contributed by atoms with Crippen LogP contribution in [0.2, 0.25) is 0 Å². The van der Waals surface area contributed by atoms with Crippen molar-refractivity contribution in [2.45, 2.75) is 6.42 Å². The van der Waals surface area contributed by atoms with E-state index in [4.69, 9.17) is 9.84 Å². The standard InChI is InChI=1S/C7H13N5O3/c13-3-5-15-4-1-2-8-7(14)6-9-11-12-10-6/h13H,1-5H2,(H,8,14)(H,9,10,11,12). The van der Waals surface area contributed by atoms with Gasteiger partial charge in [0.25, 0.3) is 11.7 Å². The Morgan fingerprint density at radius 3 is 3.07 bits per heavy atom. The average Bonchev–Trinajstić information content (AvgIpc) is 2.76. The molecule has 1 rings (SSSR count). The van der Waals surface area contributed by atoms with Crippen LogP contribution in [-0.2, 0) is 4.74 Å². The number of carbonyl (C=O) groups excluding carboxylic acids is 1. The number of hydrogen-bond donors (Lipinski definition) is 3. The summed E-state index contributed by atoms with van der Waals surface area (Å²) in [7, 11) is 0. The van der Waals surface area contributed by atoms with Gasteiger partial charge in [-0.3, -0.25) is 4.79 Å². The maximum absolute atomic E-state index is 11.2. The van der Waals surface area contributed by atoms with Gasteiger partial charge in [0.1, 0.15) is 0 Å². The van der Waals surface area contributed by atoms with E-state index in [1.54, 1.807) is 0 Å². The first kappa shape index (κ1) is 11.5. The lowest BCUT2D eigenvalue weighted by atomic mass is 10.4. The van der Waals surface area contributed by atoms with Gasteiger partial charge in [0.15, 0.2) is 0 Å². The van der Waals surface area contributed by atoms with E-state index in [1.165, 1.54) is 0 Å². The van der Waals surface area contributed by atoms with Gasteiger partial charge < -0.3 is 15.2 Å². The molecule has 0 fully saturated rings. The van der Waals surface area contributed by atoms with Gasteiger partial charge in [-0.15, -0.1) is 10.2 Å². The third-order valence-electron chi connectivity index (χ3n) is 1.54. The molecule has 1 aromatic heterocycles. The zero-order valence-corrected chi connectivity index (χ0v) is 8.14. The van der Waals surface area contributed by atoms with Gasteiger partial charge >= 0.3 is 0 Å². The summed E-state index contributed by atoms with van der Waals surface area (Å²) in [5.74, 6) is -0.350. The molecular weight excluding hydrogens is 202 g/mol. The van der Waals surface area contributed by atoms with E-state index in [-0.39, 0.29) is 18.3 Å². The van der Waals surface area contributed by atoms with Crippen LogP contribution in [-0.4, -0.2) is 58.0 Å². The van der Waals surface area contributed by atoms with Crippen molar-refractivity contribution in [1.82, 2.24) is 25.9 Å². The van der Waals surface area contributed by atoms with Crippen molar-refractivity contribution in [3.05, 3.63) is 5.82 Å². The fraction of sp³-hybridized carbons (Fsp3) is 0.714. The lowest BCUT2D eigenvalue weighted by molar-refractivity contribution is 0.0863. The highest BCUT2D eigenvalue weighted by Crippen LogP contribution is 1.85. The summed E-state index contributed by atoms with van der Waals surface area (Å²) in [5, 5.41) is 23.5. The molecule has 15 heavy (non-hydrogen) atoms. The van der Waals surface area contributed by atoms with Crippen LogP contribution < -0.4 is 5.32 Å². The lowest BCUT2D eigenvalue weighted by Gasteiger charge is -2.02. The molecule has 0 radical (unpaired) electrons. The number of aromatic amines is 1. The van der Waals surface area contributed by atoms with Crippen LogP contribution in [0.1, 0.15) is 17.0 Å². The molecule has 1 heterocycles. The molecule has 84 valence electrons. The van der Waals surface area contributed by atoms with E-state index >= 15 is 0 Å². The summed E-state index contributed by atoms with van der Waals surface area (Å²) in [6, 6.07) is 0. The number of aliphatic hydroxyl groups is 1. The molecule has 0 saturated heterocycles. The molecule has 0 bridgehead atoms. The first-order valence-corrected chi connectivity index (χ1v) is 4.55. The third kappa shape index (κ3) is 4.47. The van der Waals surface area contributed by atoms with Crippen LogP contribution >= 0.6 is 0 Å². The highest BCUT2D eigenvalue weighted by atomic mass is 16.5. The quantitative estimate of drug-likeness (QED) is 0.469. The summed E-state index contributed by atoms with van der Waals surface area (Å²) in [4.78, 5) is 11.2. The van der Waals surface area contributed by atoms with Crippen LogP contribution in [0.15, 0.2) is 0 Å². The second-order valence-corrected chi connectivity index (χ2v) is 2.68. The largest absolute Gasteiger partial charge is 0.394 e. The summed E-state index contributed by atoms with van der Waals surface area (Å²) in [5.41, 5.74) is 0. The molecule has 0 aliphatic carbocycles. The molecule has 1 amide bonds. The zero-order chi connectivity index (χ0) is 10.9. The molecule has 8 nitrogen and oxygen atoms in total. The molecule has 0 spiro atoms.